The predicted molar refractivity (Wildman–Crippen MR) is 110 cm³/mol. The molecule has 0 aliphatic heterocycles. The molecular formula is C22H30ClNO2. The molecule has 2 rings (SSSR count). The highest BCUT2D eigenvalue weighted by atomic mass is 35.5. The zero-order chi connectivity index (χ0) is 18.1. The first kappa shape index (κ1) is 22.2. The van der Waals surface area contributed by atoms with E-state index in [2.05, 4.69) is 43.0 Å². The van der Waals surface area contributed by atoms with Crippen molar-refractivity contribution in [2.45, 2.75) is 39.2 Å². The lowest BCUT2D eigenvalue weighted by molar-refractivity contribution is -0.157. The van der Waals surface area contributed by atoms with E-state index in [-0.39, 0.29) is 18.4 Å². The molecule has 0 saturated heterocycles. The summed E-state index contributed by atoms with van der Waals surface area (Å²) >= 11 is 0. The van der Waals surface area contributed by atoms with Gasteiger partial charge in [0.15, 0.2) is 5.60 Å². The lowest BCUT2D eigenvalue weighted by Gasteiger charge is -2.36. The Hall–Kier alpha value is -1.84. The number of rotatable bonds is 9. The largest absolute Gasteiger partial charge is 0.449 e. The summed E-state index contributed by atoms with van der Waals surface area (Å²) in [5.41, 5.74) is 1.29. The predicted octanol–water partition coefficient (Wildman–Crippen LogP) is 5.04. The summed E-state index contributed by atoms with van der Waals surface area (Å²) in [5, 5.41) is 0. The summed E-state index contributed by atoms with van der Waals surface area (Å²) in [6, 6.07) is 20.2. The van der Waals surface area contributed by atoms with E-state index in [0.717, 1.165) is 37.2 Å². The number of carbonyl (C=O) groups excluding carboxylic acids is 1. The van der Waals surface area contributed by atoms with E-state index in [1.807, 2.05) is 43.3 Å². The van der Waals surface area contributed by atoms with Gasteiger partial charge in [0.25, 0.3) is 0 Å². The lowest BCUT2D eigenvalue weighted by Crippen LogP contribution is -2.38. The van der Waals surface area contributed by atoms with Crippen LogP contribution in [0.15, 0.2) is 60.7 Å². The van der Waals surface area contributed by atoms with Gasteiger partial charge in [-0.1, -0.05) is 81.4 Å². The molecule has 0 atom stereocenters. The summed E-state index contributed by atoms with van der Waals surface area (Å²) in [6.45, 7) is 9.00. The van der Waals surface area contributed by atoms with Crippen molar-refractivity contribution >= 4 is 18.4 Å². The molecule has 0 aliphatic carbocycles. The summed E-state index contributed by atoms with van der Waals surface area (Å²) < 4.78 is 6.13. The molecule has 0 saturated carbocycles. The fourth-order valence-electron chi connectivity index (χ4n) is 3.16. The molecule has 26 heavy (non-hydrogen) atoms. The zero-order valence-corrected chi connectivity index (χ0v) is 16.8. The molecule has 0 spiro atoms. The van der Waals surface area contributed by atoms with Crippen LogP contribution in [-0.2, 0) is 15.1 Å². The van der Waals surface area contributed by atoms with E-state index in [1.165, 1.54) is 0 Å². The Morgan fingerprint density at radius 1 is 0.885 bits per heavy atom. The van der Waals surface area contributed by atoms with Gasteiger partial charge in [-0.2, -0.15) is 0 Å². The number of hydrogen-bond acceptors (Lipinski definition) is 3. The molecule has 0 aliphatic rings. The molecule has 0 fully saturated rings. The topological polar surface area (TPSA) is 29.5 Å². The Balaban J connectivity index is 0.00000338. The molecule has 0 radical (unpaired) electrons. The number of hydrogen-bond donors (Lipinski definition) is 0. The number of esters is 1. The maximum Gasteiger partial charge on any atom is 0.306 e. The monoisotopic (exact) mass is 375 g/mol. The second-order valence-electron chi connectivity index (χ2n) is 6.16. The Bertz CT molecular complexity index is 602. The van der Waals surface area contributed by atoms with Crippen LogP contribution in [0.2, 0.25) is 0 Å². The molecule has 0 bridgehead atoms. The number of carbonyl (C=O) groups is 1. The van der Waals surface area contributed by atoms with Crippen LogP contribution in [0.4, 0.5) is 0 Å². The van der Waals surface area contributed by atoms with Gasteiger partial charge in [0, 0.05) is 30.5 Å². The van der Waals surface area contributed by atoms with Crippen molar-refractivity contribution in [1.29, 1.82) is 0 Å². The van der Waals surface area contributed by atoms with Crippen LogP contribution >= 0.6 is 12.4 Å². The zero-order valence-electron chi connectivity index (χ0n) is 16.0. The average Bonchev–Trinajstić information content (AvgIpc) is 2.69. The normalized spacial score (nSPS) is 11.1. The number of halogens is 1. The van der Waals surface area contributed by atoms with Crippen LogP contribution in [-0.4, -0.2) is 30.5 Å². The van der Waals surface area contributed by atoms with Gasteiger partial charge in [-0.05, 0) is 13.1 Å². The first-order valence-corrected chi connectivity index (χ1v) is 9.21. The maximum atomic E-state index is 12.3. The minimum Gasteiger partial charge on any atom is -0.449 e. The lowest BCUT2D eigenvalue weighted by atomic mass is 9.83. The van der Waals surface area contributed by atoms with E-state index < -0.39 is 5.60 Å². The molecule has 0 unspecified atom stereocenters. The van der Waals surface area contributed by atoms with Gasteiger partial charge < -0.3 is 9.64 Å². The van der Waals surface area contributed by atoms with E-state index in [4.69, 9.17) is 4.74 Å². The van der Waals surface area contributed by atoms with E-state index in [1.54, 1.807) is 0 Å². The van der Waals surface area contributed by atoms with Crippen molar-refractivity contribution in [3.63, 3.8) is 0 Å². The quantitative estimate of drug-likeness (QED) is 0.575. The van der Waals surface area contributed by atoms with Crippen molar-refractivity contribution in [2.75, 3.05) is 19.6 Å². The van der Waals surface area contributed by atoms with Gasteiger partial charge in [-0.15, -0.1) is 12.4 Å². The van der Waals surface area contributed by atoms with Crippen molar-refractivity contribution in [3.05, 3.63) is 71.8 Å². The van der Waals surface area contributed by atoms with Gasteiger partial charge in [-0.25, -0.2) is 0 Å². The Labute approximate surface area is 163 Å². The summed E-state index contributed by atoms with van der Waals surface area (Å²) in [6.07, 6.45) is 1.10. The number of ether oxygens (including phenoxy) is 1. The van der Waals surface area contributed by atoms with E-state index in [0.29, 0.717) is 6.42 Å². The van der Waals surface area contributed by atoms with Crippen LogP contribution in [0.5, 0.6) is 0 Å². The molecule has 0 amide bonds. The first-order valence-electron chi connectivity index (χ1n) is 9.21. The smallest absolute Gasteiger partial charge is 0.306 e. The van der Waals surface area contributed by atoms with Crippen molar-refractivity contribution < 1.29 is 9.53 Å². The molecule has 0 heterocycles. The third kappa shape index (κ3) is 5.33. The molecule has 3 nitrogen and oxygen atoms in total. The first-order chi connectivity index (χ1) is 12.2. The molecule has 2 aromatic carbocycles. The Kier molecular flexibility index (Phi) is 9.39. The van der Waals surface area contributed by atoms with Crippen LogP contribution in [0.3, 0.4) is 0 Å². The second-order valence-corrected chi connectivity index (χ2v) is 6.16. The minimum absolute atomic E-state index is 0. The maximum absolute atomic E-state index is 12.3. The van der Waals surface area contributed by atoms with Crippen molar-refractivity contribution in [2.24, 2.45) is 0 Å². The van der Waals surface area contributed by atoms with Crippen molar-refractivity contribution in [1.82, 2.24) is 4.90 Å². The SMILES string of the molecule is CCC(=O)OC(CCN(CC)CC)(c1ccccc1)c1ccccc1.Cl. The molecule has 2 aromatic rings. The molecule has 0 N–H and O–H groups in total. The van der Waals surface area contributed by atoms with Gasteiger partial charge in [0.05, 0.1) is 0 Å². The van der Waals surface area contributed by atoms with Gasteiger partial charge >= 0.3 is 5.97 Å². The standard InChI is InChI=1S/C22H29NO2.ClH/c1-4-21(24)25-22(17-18-23(5-2)6-3,19-13-9-7-10-14-19)20-15-11-8-12-16-20;/h7-16H,4-6,17-18H2,1-3H3;1H. The summed E-state index contributed by atoms with van der Waals surface area (Å²) in [5.74, 6) is -0.174. The van der Waals surface area contributed by atoms with Crippen LogP contribution in [0, 0.1) is 0 Å². The minimum atomic E-state index is -0.752. The molecule has 4 heteroatoms. The number of benzene rings is 2. The molecular weight excluding hydrogens is 346 g/mol. The van der Waals surface area contributed by atoms with Gasteiger partial charge in [-0.3, -0.25) is 4.79 Å². The second kappa shape index (κ2) is 11.0. The third-order valence-corrected chi connectivity index (χ3v) is 4.73. The summed E-state index contributed by atoms with van der Waals surface area (Å²) in [7, 11) is 0. The summed E-state index contributed by atoms with van der Waals surface area (Å²) in [4.78, 5) is 14.7. The van der Waals surface area contributed by atoms with Crippen molar-refractivity contribution in [3.8, 4) is 0 Å². The average molecular weight is 376 g/mol. The van der Waals surface area contributed by atoms with Crippen LogP contribution in [0.25, 0.3) is 0 Å². The van der Waals surface area contributed by atoms with Crippen LogP contribution < -0.4 is 0 Å². The van der Waals surface area contributed by atoms with Crippen LogP contribution in [0.1, 0.15) is 44.7 Å². The highest BCUT2D eigenvalue weighted by molar-refractivity contribution is 5.85. The Morgan fingerprint density at radius 2 is 1.35 bits per heavy atom. The Morgan fingerprint density at radius 3 is 1.73 bits per heavy atom. The molecule has 0 aromatic heterocycles. The highest BCUT2D eigenvalue weighted by Crippen LogP contribution is 2.37. The molecule has 142 valence electrons. The fraction of sp³-hybridized carbons (Fsp3) is 0.409. The highest BCUT2D eigenvalue weighted by Gasteiger charge is 2.38. The van der Waals surface area contributed by atoms with E-state index in [9.17, 15) is 4.79 Å². The number of nitrogens with zero attached hydrogens (tertiary/aromatic N) is 1. The van der Waals surface area contributed by atoms with E-state index >= 15 is 0 Å². The van der Waals surface area contributed by atoms with Gasteiger partial charge in [0.2, 0.25) is 0 Å². The third-order valence-electron chi connectivity index (χ3n) is 4.73. The van der Waals surface area contributed by atoms with Gasteiger partial charge in [0.1, 0.15) is 0 Å². The fourth-order valence-corrected chi connectivity index (χ4v) is 3.16.